The highest BCUT2D eigenvalue weighted by molar-refractivity contribution is 6.51. The number of anilines is 1. The number of carbonyl (C=O) groups excluding carboxylic acids is 2. The second-order valence-corrected chi connectivity index (χ2v) is 6.84. The highest BCUT2D eigenvalue weighted by Crippen LogP contribution is 2.42. The lowest BCUT2D eigenvalue weighted by atomic mass is 9.99. The topological polar surface area (TPSA) is 89.2 Å². The number of methoxy groups -OCH3 is 1. The second kappa shape index (κ2) is 8.39. The molecule has 2 heterocycles. The number of furan rings is 1. The van der Waals surface area contributed by atoms with Crippen LogP contribution in [0.3, 0.4) is 0 Å². The SMILES string of the molecule is CCOc1ccc(N2C(=O)C(=O)/C(=C(\O)c3ccc(OC)cc3)C2c2ccco2)cc1. The van der Waals surface area contributed by atoms with Gasteiger partial charge < -0.3 is 19.0 Å². The van der Waals surface area contributed by atoms with Crippen molar-refractivity contribution in [2.75, 3.05) is 18.6 Å². The first-order valence-corrected chi connectivity index (χ1v) is 9.76. The first kappa shape index (κ1) is 20.3. The number of hydrogen-bond acceptors (Lipinski definition) is 6. The molecule has 2 aromatic carbocycles. The number of carbonyl (C=O) groups is 2. The largest absolute Gasteiger partial charge is 0.507 e. The third kappa shape index (κ3) is 3.66. The van der Waals surface area contributed by atoms with E-state index in [1.807, 2.05) is 6.92 Å². The monoisotopic (exact) mass is 419 g/mol. The molecule has 1 saturated heterocycles. The van der Waals surface area contributed by atoms with Crippen LogP contribution in [0.15, 0.2) is 76.9 Å². The summed E-state index contributed by atoms with van der Waals surface area (Å²) >= 11 is 0. The van der Waals surface area contributed by atoms with E-state index in [4.69, 9.17) is 13.9 Å². The number of hydrogen-bond donors (Lipinski definition) is 1. The number of ether oxygens (including phenoxy) is 2. The summed E-state index contributed by atoms with van der Waals surface area (Å²) in [4.78, 5) is 27.3. The van der Waals surface area contributed by atoms with Crippen molar-refractivity contribution in [3.8, 4) is 11.5 Å². The molecule has 3 aromatic rings. The highest BCUT2D eigenvalue weighted by Gasteiger charge is 2.48. The Morgan fingerprint density at radius 2 is 1.71 bits per heavy atom. The van der Waals surface area contributed by atoms with E-state index < -0.39 is 17.7 Å². The molecule has 1 aliphatic heterocycles. The lowest BCUT2D eigenvalue weighted by molar-refractivity contribution is -0.132. The van der Waals surface area contributed by atoms with Gasteiger partial charge in [-0.25, -0.2) is 0 Å². The van der Waals surface area contributed by atoms with Crippen LogP contribution in [0, 0.1) is 0 Å². The van der Waals surface area contributed by atoms with E-state index in [-0.39, 0.29) is 11.3 Å². The summed E-state index contributed by atoms with van der Waals surface area (Å²) in [6.07, 6.45) is 1.46. The number of benzene rings is 2. The lowest BCUT2D eigenvalue weighted by Crippen LogP contribution is -2.29. The third-order valence-corrected chi connectivity index (χ3v) is 5.05. The molecule has 1 N–H and O–H groups in total. The second-order valence-electron chi connectivity index (χ2n) is 6.84. The molecule has 1 amide bonds. The van der Waals surface area contributed by atoms with Gasteiger partial charge in [-0.3, -0.25) is 14.5 Å². The van der Waals surface area contributed by atoms with Crippen LogP contribution < -0.4 is 14.4 Å². The molecule has 0 aliphatic carbocycles. The van der Waals surface area contributed by atoms with E-state index in [1.165, 1.54) is 18.3 Å². The van der Waals surface area contributed by atoms with Crippen LogP contribution in [0.25, 0.3) is 5.76 Å². The van der Waals surface area contributed by atoms with Crippen LogP contribution in [-0.2, 0) is 9.59 Å². The van der Waals surface area contributed by atoms with Gasteiger partial charge >= 0.3 is 0 Å². The summed E-state index contributed by atoms with van der Waals surface area (Å²) in [5.41, 5.74) is 0.835. The molecule has 7 nitrogen and oxygen atoms in total. The first-order chi connectivity index (χ1) is 15.0. The molecule has 7 heteroatoms. The molecule has 31 heavy (non-hydrogen) atoms. The molecular formula is C24H21NO6. The average molecular weight is 419 g/mol. The molecule has 0 saturated carbocycles. The quantitative estimate of drug-likeness (QED) is 0.364. The summed E-state index contributed by atoms with van der Waals surface area (Å²) in [5, 5.41) is 11.0. The van der Waals surface area contributed by atoms with E-state index in [2.05, 4.69) is 0 Å². The summed E-state index contributed by atoms with van der Waals surface area (Å²) < 4.78 is 16.1. The number of amides is 1. The average Bonchev–Trinajstić information content (AvgIpc) is 3.41. The van der Waals surface area contributed by atoms with Gasteiger partial charge in [-0.2, -0.15) is 0 Å². The Labute approximate surface area is 179 Å². The highest BCUT2D eigenvalue weighted by atomic mass is 16.5. The standard InChI is InChI=1S/C24H21NO6/c1-3-30-18-12-8-16(9-13-18)25-21(19-5-4-14-31-19)20(23(27)24(25)28)22(26)15-6-10-17(29-2)11-7-15/h4-14,21,26H,3H2,1-2H3/b22-20-. The van der Waals surface area contributed by atoms with Crippen molar-refractivity contribution in [2.24, 2.45) is 0 Å². The fraction of sp³-hybridized carbons (Fsp3) is 0.167. The number of nitrogens with zero attached hydrogens (tertiary/aromatic N) is 1. The number of rotatable bonds is 6. The maximum Gasteiger partial charge on any atom is 0.300 e. The van der Waals surface area contributed by atoms with Crippen molar-refractivity contribution in [3.63, 3.8) is 0 Å². The van der Waals surface area contributed by atoms with Gasteiger partial charge in [-0.15, -0.1) is 0 Å². The van der Waals surface area contributed by atoms with Crippen LogP contribution in [0.5, 0.6) is 11.5 Å². The fourth-order valence-electron chi connectivity index (χ4n) is 3.59. The minimum absolute atomic E-state index is 0.0426. The molecule has 1 fully saturated rings. The summed E-state index contributed by atoms with van der Waals surface area (Å²) in [7, 11) is 1.54. The van der Waals surface area contributed by atoms with Crippen LogP contribution in [0.2, 0.25) is 0 Å². The van der Waals surface area contributed by atoms with Crippen molar-refractivity contribution < 1.29 is 28.6 Å². The van der Waals surface area contributed by atoms with Gasteiger partial charge in [0.1, 0.15) is 29.1 Å². The minimum atomic E-state index is -0.907. The van der Waals surface area contributed by atoms with Crippen molar-refractivity contribution in [1.82, 2.24) is 0 Å². The van der Waals surface area contributed by atoms with Crippen LogP contribution in [0.1, 0.15) is 24.3 Å². The molecular weight excluding hydrogens is 398 g/mol. The van der Waals surface area contributed by atoms with Crippen LogP contribution >= 0.6 is 0 Å². The Morgan fingerprint density at radius 1 is 1.03 bits per heavy atom. The maximum absolute atomic E-state index is 13.0. The zero-order valence-electron chi connectivity index (χ0n) is 17.1. The third-order valence-electron chi connectivity index (χ3n) is 5.05. The number of aliphatic hydroxyl groups excluding tert-OH is 1. The van der Waals surface area contributed by atoms with Crippen molar-refractivity contribution in [3.05, 3.63) is 83.8 Å². The minimum Gasteiger partial charge on any atom is -0.507 e. The molecule has 1 atom stereocenters. The normalized spacial score (nSPS) is 17.7. The van der Waals surface area contributed by atoms with Gasteiger partial charge in [0, 0.05) is 11.3 Å². The number of aliphatic hydroxyl groups is 1. The van der Waals surface area contributed by atoms with E-state index in [9.17, 15) is 14.7 Å². The Balaban J connectivity index is 1.83. The Kier molecular flexibility index (Phi) is 5.49. The smallest absolute Gasteiger partial charge is 0.300 e. The molecule has 0 radical (unpaired) electrons. The number of Topliss-reactive ketones (excluding diaryl/α,β-unsaturated/α-hetero) is 1. The van der Waals surface area contributed by atoms with Crippen LogP contribution in [-0.4, -0.2) is 30.5 Å². The zero-order chi connectivity index (χ0) is 22.0. The van der Waals surface area contributed by atoms with E-state index in [1.54, 1.807) is 60.7 Å². The van der Waals surface area contributed by atoms with Gasteiger partial charge in [-0.1, -0.05) is 0 Å². The predicted molar refractivity (Wildman–Crippen MR) is 114 cm³/mol. The summed E-state index contributed by atoms with van der Waals surface area (Å²) in [6.45, 7) is 2.39. The van der Waals surface area contributed by atoms with Crippen LogP contribution in [0.4, 0.5) is 5.69 Å². The van der Waals surface area contributed by atoms with E-state index >= 15 is 0 Å². The first-order valence-electron chi connectivity index (χ1n) is 9.76. The number of ketones is 1. The van der Waals surface area contributed by atoms with Gasteiger partial charge in [0.15, 0.2) is 0 Å². The fourth-order valence-corrected chi connectivity index (χ4v) is 3.59. The predicted octanol–water partition coefficient (Wildman–Crippen LogP) is 4.31. The van der Waals surface area contributed by atoms with E-state index in [0.29, 0.717) is 35.1 Å². The molecule has 0 bridgehead atoms. The summed E-state index contributed by atoms with van der Waals surface area (Å²) in [6, 6.07) is 15.8. The van der Waals surface area contributed by atoms with Crippen molar-refractivity contribution >= 4 is 23.1 Å². The lowest BCUT2D eigenvalue weighted by Gasteiger charge is -2.23. The molecule has 0 spiro atoms. The van der Waals surface area contributed by atoms with Crippen molar-refractivity contribution in [1.29, 1.82) is 0 Å². The van der Waals surface area contributed by atoms with Gasteiger partial charge in [0.05, 0.1) is 25.6 Å². The van der Waals surface area contributed by atoms with Gasteiger partial charge in [-0.05, 0) is 67.6 Å². The van der Waals surface area contributed by atoms with Gasteiger partial charge in [0.2, 0.25) is 0 Å². The van der Waals surface area contributed by atoms with E-state index in [0.717, 1.165) is 0 Å². The maximum atomic E-state index is 13.0. The Hall–Kier alpha value is -4.00. The molecule has 1 aliphatic rings. The van der Waals surface area contributed by atoms with Gasteiger partial charge in [0.25, 0.3) is 11.7 Å². The molecule has 4 rings (SSSR count). The summed E-state index contributed by atoms with van der Waals surface area (Å²) in [5.74, 6) is -0.201. The zero-order valence-corrected chi connectivity index (χ0v) is 17.1. The molecule has 1 unspecified atom stereocenters. The Bertz CT molecular complexity index is 1110. The molecule has 1 aromatic heterocycles. The molecule has 158 valence electrons. The Morgan fingerprint density at radius 3 is 2.29 bits per heavy atom. The van der Waals surface area contributed by atoms with Crippen molar-refractivity contribution in [2.45, 2.75) is 13.0 Å².